The SMILES string of the molecule is COc1ccc(OC)c(C(CN)N(C)C)c1. The summed E-state index contributed by atoms with van der Waals surface area (Å²) in [5.41, 5.74) is 6.83. The summed E-state index contributed by atoms with van der Waals surface area (Å²) >= 11 is 0. The number of methoxy groups -OCH3 is 2. The standard InChI is InChI=1S/C12H20N2O2/c1-14(2)11(8-13)10-7-9(15-3)5-6-12(10)16-4/h5-7,11H,8,13H2,1-4H3. The van der Waals surface area contributed by atoms with Gasteiger partial charge in [0.05, 0.1) is 20.3 Å². The van der Waals surface area contributed by atoms with E-state index in [0.717, 1.165) is 17.1 Å². The first-order valence-electron chi connectivity index (χ1n) is 5.22. The van der Waals surface area contributed by atoms with Crippen LogP contribution in [0.25, 0.3) is 0 Å². The van der Waals surface area contributed by atoms with Crippen LogP contribution in [0, 0.1) is 0 Å². The van der Waals surface area contributed by atoms with E-state index in [-0.39, 0.29) is 6.04 Å². The van der Waals surface area contributed by atoms with Crippen LogP contribution in [0.3, 0.4) is 0 Å². The lowest BCUT2D eigenvalue weighted by Gasteiger charge is -2.25. The lowest BCUT2D eigenvalue weighted by molar-refractivity contribution is 0.293. The quantitative estimate of drug-likeness (QED) is 0.818. The van der Waals surface area contributed by atoms with E-state index in [4.69, 9.17) is 15.2 Å². The minimum Gasteiger partial charge on any atom is -0.497 e. The molecule has 1 unspecified atom stereocenters. The molecule has 16 heavy (non-hydrogen) atoms. The van der Waals surface area contributed by atoms with Crippen LogP contribution in [-0.2, 0) is 0 Å². The predicted molar refractivity (Wildman–Crippen MR) is 65.0 cm³/mol. The number of nitrogens with two attached hydrogens (primary N) is 1. The van der Waals surface area contributed by atoms with Crippen LogP contribution < -0.4 is 15.2 Å². The second-order valence-corrected chi connectivity index (χ2v) is 3.82. The van der Waals surface area contributed by atoms with Gasteiger partial charge in [0.15, 0.2) is 0 Å². The molecule has 4 heteroatoms. The van der Waals surface area contributed by atoms with Gasteiger partial charge in [-0.1, -0.05) is 0 Å². The summed E-state index contributed by atoms with van der Waals surface area (Å²) in [6.07, 6.45) is 0. The van der Waals surface area contributed by atoms with E-state index in [9.17, 15) is 0 Å². The first kappa shape index (κ1) is 12.8. The molecule has 0 aromatic heterocycles. The van der Waals surface area contributed by atoms with Gasteiger partial charge in [-0.3, -0.25) is 0 Å². The van der Waals surface area contributed by atoms with Crippen molar-refractivity contribution in [3.8, 4) is 11.5 Å². The minimum absolute atomic E-state index is 0.130. The van der Waals surface area contributed by atoms with Crippen molar-refractivity contribution in [2.24, 2.45) is 5.73 Å². The number of hydrogen-bond acceptors (Lipinski definition) is 4. The first-order valence-corrected chi connectivity index (χ1v) is 5.22. The number of ether oxygens (including phenoxy) is 2. The molecule has 1 rings (SSSR count). The van der Waals surface area contributed by atoms with Crippen LogP contribution in [0.4, 0.5) is 0 Å². The highest BCUT2D eigenvalue weighted by Gasteiger charge is 2.17. The van der Waals surface area contributed by atoms with Crippen LogP contribution in [0.1, 0.15) is 11.6 Å². The van der Waals surface area contributed by atoms with Crippen molar-refractivity contribution in [1.29, 1.82) is 0 Å². The summed E-state index contributed by atoms with van der Waals surface area (Å²) < 4.78 is 10.6. The molecule has 0 heterocycles. The van der Waals surface area contributed by atoms with Crippen LogP contribution in [-0.4, -0.2) is 39.8 Å². The van der Waals surface area contributed by atoms with Gasteiger partial charge in [-0.05, 0) is 32.3 Å². The topological polar surface area (TPSA) is 47.7 Å². The van der Waals surface area contributed by atoms with E-state index < -0.39 is 0 Å². The molecule has 0 fully saturated rings. The van der Waals surface area contributed by atoms with Gasteiger partial charge in [0, 0.05) is 12.1 Å². The highest BCUT2D eigenvalue weighted by molar-refractivity contribution is 5.42. The number of hydrogen-bond donors (Lipinski definition) is 1. The zero-order valence-electron chi connectivity index (χ0n) is 10.4. The van der Waals surface area contributed by atoms with Crippen LogP contribution in [0.15, 0.2) is 18.2 Å². The fraction of sp³-hybridized carbons (Fsp3) is 0.500. The highest BCUT2D eigenvalue weighted by Crippen LogP contribution is 2.30. The molecule has 0 bridgehead atoms. The summed E-state index contributed by atoms with van der Waals surface area (Å²) in [6.45, 7) is 0.538. The highest BCUT2D eigenvalue weighted by atomic mass is 16.5. The maximum Gasteiger partial charge on any atom is 0.123 e. The van der Waals surface area contributed by atoms with Gasteiger partial charge in [0.1, 0.15) is 11.5 Å². The van der Waals surface area contributed by atoms with Crippen LogP contribution in [0.2, 0.25) is 0 Å². The Morgan fingerprint density at radius 2 is 1.94 bits per heavy atom. The average Bonchev–Trinajstić information content (AvgIpc) is 2.29. The Labute approximate surface area is 96.9 Å². The molecule has 90 valence electrons. The summed E-state index contributed by atoms with van der Waals surface area (Å²) in [7, 11) is 7.31. The van der Waals surface area contributed by atoms with Crippen molar-refractivity contribution in [3.05, 3.63) is 23.8 Å². The van der Waals surface area contributed by atoms with Crippen molar-refractivity contribution in [1.82, 2.24) is 4.90 Å². The predicted octanol–water partition coefficient (Wildman–Crippen LogP) is 1.27. The summed E-state index contributed by atoms with van der Waals surface area (Å²) in [4.78, 5) is 2.07. The molecule has 0 saturated heterocycles. The number of benzene rings is 1. The zero-order chi connectivity index (χ0) is 12.1. The van der Waals surface area contributed by atoms with E-state index in [1.165, 1.54) is 0 Å². The molecular formula is C12H20N2O2. The fourth-order valence-electron chi connectivity index (χ4n) is 1.72. The van der Waals surface area contributed by atoms with Gasteiger partial charge in [0.25, 0.3) is 0 Å². The second-order valence-electron chi connectivity index (χ2n) is 3.82. The smallest absolute Gasteiger partial charge is 0.123 e. The summed E-state index contributed by atoms with van der Waals surface area (Å²) in [5, 5.41) is 0. The number of nitrogens with zero attached hydrogens (tertiary/aromatic N) is 1. The van der Waals surface area contributed by atoms with Crippen molar-refractivity contribution in [2.75, 3.05) is 34.9 Å². The normalized spacial score (nSPS) is 12.6. The first-order chi connectivity index (χ1) is 7.63. The monoisotopic (exact) mass is 224 g/mol. The molecular weight excluding hydrogens is 204 g/mol. The van der Waals surface area contributed by atoms with E-state index >= 15 is 0 Å². The molecule has 0 radical (unpaired) electrons. The summed E-state index contributed by atoms with van der Waals surface area (Å²) in [6, 6.07) is 5.88. The Hall–Kier alpha value is -1.26. The van der Waals surface area contributed by atoms with Gasteiger partial charge in [-0.15, -0.1) is 0 Å². The average molecular weight is 224 g/mol. The Bertz CT molecular complexity index is 340. The third-order valence-electron chi connectivity index (χ3n) is 2.64. The van der Waals surface area contributed by atoms with Gasteiger partial charge in [-0.25, -0.2) is 0 Å². The van der Waals surface area contributed by atoms with E-state index in [1.807, 2.05) is 32.3 Å². The Morgan fingerprint density at radius 1 is 1.25 bits per heavy atom. The molecule has 1 atom stereocenters. The lowest BCUT2D eigenvalue weighted by atomic mass is 10.0. The van der Waals surface area contributed by atoms with Crippen molar-refractivity contribution < 1.29 is 9.47 Å². The maximum atomic E-state index is 5.78. The van der Waals surface area contributed by atoms with E-state index in [0.29, 0.717) is 6.54 Å². The van der Waals surface area contributed by atoms with Gasteiger partial charge in [-0.2, -0.15) is 0 Å². The van der Waals surface area contributed by atoms with Gasteiger partial charge < -0.3 is 20.1 Å². The Kier molecular flexibility index (Phi) is 4.58. The van der Waals surface area contributed by atoms with Crippen molar-refractivity contribution >= 4 is 0 Å². The molecule has 1 aromatic carbocycles. The van der Waals surface area contributed by atoms with Crippen molar-refractivity contribution in [3.63, 3.8) is 0 Å². The Balaban J connectivity index is 3.15. The van der Waals surface area contributed by atoms with Gasteiger partial charge in [0.2, 0.25) is 0 Å². The lowest BCUT2D eigenvalue weighted by Crippen LogP contribution is -2.27. The summed E-state index contributed by atoms with van der Waals surface area (Å²) in [5.74, 6) is 1.65. The molecule has 0 aliphatic carbocycles. The third-order valence-corrected chi connectivity index (χ3v) is 2.64. The molecule has 0 spiro atoms. The molecule has 0 saturated carbocycles. The fourth-order valence-corrected chi connectivity index (χ4v) is 1.72. The number of likely N-dealkylation sites (N-methyl/N-ethyl adjacent to an activating group) is 1. The maximum absolute atomic E-state index is 5.78. The largest absolute Gasteiger partial charge is 0.497 e. The van der Waals surface area contributed by atoms with E-state index in [2.05, 4.69) is 4.90 Å². The van der Waals surface area contributed by atoms with Crippen molar-refractivity contribution in [2.45, 2.75) is 6.04 Å². The molecule has 2 N–H and O–H groups in total. The molecule has 0 aliphatic rings. The molecule has 0 amide bonds. The molecule has 4 nitrogen and oxygen atoms in total. The second kappa shape index (κ2) is 5.72. The third kappa shape index (κ3) is 2.65. The minimum atomic E-state index is 0.130. The Morgan fingerprint density at radius 3 is 2.38 bits per heavy atom. The van der Waals surface area contributed by atoms with Crippen LogP contribution in [0.5, 0.6) is 11.5 Å². The zero-order valence-corrected chi connectivity index (χ0v) is 10.4. The van der Waals surface area contributed by atoms with Gasteiger partial charge >= 0.3 is 0 Å². The number of rotatable bonds is 5. The van der Waals surface area contributed by atoms with Crippen LogP contribution >= 0.6 is 0 Å². The molecule has 0 aliphatic heterocycles. The molecule has 1 aromatic rings. The van der Waals surface area contributed by atoms with E-state index in [1.54, 1.807) is 14.2 Å².